The molecule has 1 fully saturated rings. The Morgan fingerprint density at radius 2 is 1.93 bits per heavy atom. The Morgan fingerprint density at radius 1 is 1.29 bits per heavy atom. The maximum absolute atomic E-state index is 4.36. The molecule has 0 unspecified atom stereocenters. The zero-order chi connectivity index (χ0) is 10.6. The van der Waals surface area contributed by atoms with Gasteiger partial charge in [0.1, 0.15) is 5.82 Å². The van der Waals surface area contributed by atoms with Gasteiger partial charge in [-0.25, -0.2) is 4.98 Å². The molecule has 0 amide bonds. The predicted octanol–water partition coefficient (Wildman–Crippen LogP) is 2.87. The summed E-state index contributed by atoms with van der Waals surface area (Å²) in [4.78, 5) is 6.67. The van der Waals surface area contributed by atoms with Crippen LogP contribution in [0.1, 0.15) is 26.3 Å². The van der Waals surface area contributed by atoms with E-state index in [9.17, 15) is 0 Å². The van der Waals surface area contributed by atoms with Crippen LogP contribution < -0.4 is 4.90 Å². The molecule has 0 N–H and O–H groups in total. The summed E-state index contributed by atoms with van der Waals surface area (Å²) in [6.07, 6.45) is 1.93. The van der Waals surface area contributed by atoms with Crippen LogP contribution in [-0.2, 0) is 0 Å². The van der Waals surface area contributed by atoms with Crippen LogP contribution in [0.4, 0.5) is 5.82 Å². The topological polar surface area (TPSA) is 16.1 Å². The van der Waals surface area contributed by atoms with E-state index in [4.69, 9.17) is 0 Å². The minimum Gasteiger partial charge on any atom is -0.356 e. The zero-order valence-corrected chi connectivity index (χ0v) is 9.62. The van der Waals surface area contributed by atoms with Crippen molar-refractivity contribution in [1.82, 2.24) is 4.98 Å². The molecule has 0 saturated carbocycles. The Hall–Kier alpha value is -1.05. The molecule has 78 valence electrons. The summed E-state index contributed by atoms with van der Waals surface area (Å²) in [5, 5.41) is 0. The van der Waals surface area contributed by atoms with Crippen molar-refractivity contribution in [2.45, 2.75) is 27.7 Å². The van der Waals surface area contributed by atoms with Gasteiger partial charge < -0.3 is 4.90 Å². The highest BCUT2D eigenvalue weighted by Crippen LogP contribution is 2.21. The van der Waals surface area contributed by atoms with Crippen molar-refractivity contribution >= 4 is 5.82 Å². The van der Waals surface area contributed by atoms with E-state index in [-0.39, 0.29) is 0 Å². The third-order valence-corrected chi connectivity index (χ3v) is 2.28. The average Bonchev–Trinajstić information content (AvgIpc) is 2.18. The Bertz CT molecular complexity index is 260. The number of aromatic nitrogens is 1. The summed E-state index contributed by atoms with van der Waals surface area (Å²) >= 11 is 0. The van der Waals surface area contributed by atoms with E-state index in [1.165, 1.54) is 5.56 Å². The average molecular weight is 192 g/mol. The minimum absolute atomic E-state index is 0.841. The van der Waals surface area contributed by atoms with Gasteiger partial charge >= 0.3 is 0 Å². The van der Waals surface area contributed by atoms with Gasteiger partial charge in [0, 0.05) is 19.3 Å². The third-order valence-electron chi connectivity index (χ3n) is 2.28. The molecule has 1 aromatic heterocycles. The highest BCUT2D eigenvalue weighted by molar-refractivity contribution is 5.41. The minimum atomic E-state index is 0.841. The first kappa shape index (κ1) is 11.0. The molecule has 0 aromatic carbocycles. The number of hydrogen-bond donors (Lipinski definition) is 0. The number of hydrogen-bond acceptors (Lipinski definition) is 2. The first-order valence-corrected chi connectivity index (χ1v) is 5.43. The van der Waals surface area contributed by atoms with Crippen molar-refractivity contribution in [2.75, 3.05) is 18.0 Å². The van der Waals surface area contributed by atoms with Crippen molar-refractivity contribution in [3.63, 3.8) is 0 Å². The van der Waals surface area contributed by atoms with Crippen LogP contribution in [0.25, 0.3) is 0 Å². The van der Waals surface area contributed by atoms with E-state index in [1.807, 2.05) is 20.0 Å². The molecule has 2 heterocycles. The van der Waals surface area contributed by atoms with Crippen molar-refractivity contribution < 1.29 is 0 Å². The highest BCUT2D eigenvalue weighted by Gasteiger charge is 2.22. The van der Waals surface area contributed by atoms with Gasteiger partial charge in [0.25, 0.3) is 0 Å². The molecule has 2 nitrogen and oxygen atoms in total. The van der Waals surface area contributed by atoms with Gasteiger partial charge in [-0.15, -0.1) is 0 Å². The lowest BCUT2D eigenvalue weighted by atomic mass is 10.0. The standard InChI is InChI=1S/C10H14N2.C2H6/c1-8-3-4-10(11-5-8)12-6-9(2)7-12;1-2/h3-5,9H,6-7H2,1-2H3;1-2H3. The summed E-state index contributed by atoms with van der Waals surface area (Å²) in [6, 6.07) is 4.21. The van der Waals surface area contributed by atoms with Crippen LogP contribution in [0.15, 0.2) is 18.3 Å². The molecule has 1 aliphatic rings. The number of rotatable bonds is 1. The largest absolute Gasteiger partial charge is 0.356 e. The van der Waals surface area contributed by atoms with Crippen LogP contribution >= 0.6 is 0 Å². The summed E-state index contributed by atoms with van der Waals surface area (Å²) in [7, 11) is 0. The lowest BCUT2D eigenvalue weighted by Gasteiger charge is -2.38. The lowest BCUT2D eigenvalue weighted by molar-refractivity contribution is 0.443. The Morgan fingerprint density at radius 3 is 2.36 bits per heavy atom. The molecule has 0 radical (unpaired) electrons. The number of aryl methyl sites for hydroxylation is 1. The molecule has 2 rings (SSSR count). The monoisotopic (exact) mass is 192 g/mol. The molecular weight excluding hydrogens is 172 g/mol. The van der Waals surface area contributed by atoms with E-state index in [0.717, 1.165) is 24.8 Å². The van der Waals surface area contributed by atoms with Gasteiger partial charge in [0.05, 0.1) is 0 Å². The molecular formula is C12H20N2. The molecule has 0 spiro atoms. The summed E-state index contributed by atoms with van der Waals surface area (Å²) in [5.74, 6) is 1.96. The van der Waals surface area contributed by atoms with Crippen molar-refractivity contribution in [3.8, 4) is 0 Å². The smallest absolute Gasteiger partial charge is 0.128 e. The summed E-state index contributed by atoms with van der Waals surface area (Å²) in [6.45, 7) is 10.7. The van der Waals surface area contributed by atoms with E-state index in [1.54, 1.807) is 0 Å². The van der Waals surface area contributed by atoms with Crippen molar-refractivity contribution in [2.24, 2.45) is 5.92 Å². The quantitative estimate of drug-likeness (QED) is 0.680. The maximum Gasteiger partial charge on any atom is 0.128 e. The first-order valence-electron chi connectivity index (χ1n) is 5.43. The number of nitrogens with zero attached hydrogens (tertiary/aromatic N) is 2. The van der Waals surface area contributed by atoms with Crippen LogP contribution in [0.5, 0.6) is 0 Å². The van der Waals surface area contributed by atoms with Gasteiger partial charge in [0.2, 0.25) is 0 Å². The zero-order valence-electron chi connectivity index (χ0n) is 9.62. The SMILES string of the molecule is CC.Cc1ccc(N2CC(C)C2)nc1. The van der Waals surface area contributed by atoms with Crippen molar-refractivity contribution in [1.29, 1.82) is 0 Å². The molecule has 0 aliphatic carbocycles. The van der Waals surface area contributed by atoms with E-state index < -0.39 is 0 Å². The van der Waals surface area contributed by atoms with E-state index >= 15 is 0 Å². The second kappa shape index (κ2) is 4.99. The van der Waals surface area contributed by atoms with E-state index in [2.05, 4.69) is 35.9 Å². The fraction of sp³-hybridized carbons (Fsp3) is 0.583. The third kappa shape index (κ3) is 2.47. The first-order chi connectivity index (χ1) is 6.75. The second-order valence-corrected chi connectivity index (χ2v) is 3.70. The molecule has 1 aliphatic heterocycles. The molecule has 2 heteroatoms. The maximum atomic E-state index is 4.36. The van der Waals surface area contributed by atoms with Crippen molar-refractivity contribution in [3.05, 3.63) is 23.9 Å². The van der Waals surface area contributed by atoms with Crippen LogP contribution in [-0.4, -0.2) is 18.1 Å². The Balaban J connectivity index is 0.000000461. The number of pyridine rings is 1. The number of anilines is 1. The van der Waals surface area contributed by atoms with Gasteiger partial charge in [0.15, 0.2) is 0 Å². The molecule has 14 heavy (non-hydrogen) atoms. The second-order valence-electron chi connectivity index (χ2n) is 3.70. The molecule has 0 bridgehead atoms. The molecule has 0 atom stereocenters. The van der Waals surface area contributed by atoms with Crippen LogP contribution in [0, 0.1) is 12.8 Å². The Labute approximate surface area is 87.0 Å². The fourth-order valence-electron chi connectivity index (χ4n) is 1.53. The van der Waals surface area contributed by atoms with Crippen LogP contribution in [0.3, 0.4) is 0 Å². The van der Waals surface area contributed by atoms with Gasteiger partial charge in [-0.05, 0) is 24.5 Å². The molecule has 1 aromatic rings. The summed E-state index contributed by atoms with van der Waals surface area (Å²) < 4.78 is 0. The molecule has 1 saturated heterocycles. The Kier molecular flexibility index (Phi) is 3.93. The summed E-state index contributed by atoms with van der Waals surface area (Å²) in [5.41, 5.74) is 1.23. The van der Waals surface area contributed by atoms with Gasteiger partial charge in [-0.1, -0.05) is 26.8 Å². The van der Waals surface area contributed by atoms with E-state index in [0.29, 0.717) is 0 Å². The normalized spacial score (nSPS) is 15.6. The predicted molar refractivity (Wildman–Crippen MR) is 61.7 cm³/mol. The highest BCUT2D eigenvalue weighted by atomic mass is 15.2. The van der Waals surface area contributed by atoms with Gasteiger partial charge in [-0.3, -0.25) is 0 Å². The van der Waals surface area contributed by atoms with Crippen LogP contribution in [0.2, 0.25) is 0 Å². The fourth-order valence-corrected chi connectivity index (χ4v) is 1.53. The lowest BCUT2D eigenvalue weighted by Crippen LogP contribution is -2.45. The van der Waals surface area contributed by atoms with Gasteiger partial charge in [-0.2, -0.15) is 0 Å².